The van der Waals surface area contributed by atoms with Crippen molar-refractivity contribution in [3.8, 4) is 0 Å². The molecule has 0 bridgehead atoms. The van der Waals surface area contributed by atoms with Crippen molar-refractivity contribution >= 4 is 50.0 Å². The van der Waals surface area contributed by atoms with E-state index in [-0.39, 0.29) is 5.91 Å². The SMILES string of the molecule is Cn1nc(C(=O)Nc2cc(Cl)ccc2Br)c2ccccc21. The number of rotatable bonds is 2. The Hall–Kier alpha value is -1.85. The summed E-state index contributed by atoms with van der Waals surface area (Å²) in [5.74, 6) is -0.269. The molecule has 1 aromatic heterocycles. The Bertz CT molecular complexity index is 844. The first kappa shape index (κ1) is 14.1. The molecule has 0 atom stereocenters. The lowest BCUT2D eigenvalue weighted by atomic mass is 10.2. The van der Waals surface area contributed by atoms with Gasteiger partial charge in [0.05, 0.1) is 11.2 Å². The molecule has 1 heterocycles. The molecule has 6 heteroatoms. The van der Waals surface area contributed by atoms with Crippen molar-refractivity contribution in [1.82, 2.24) is 9.78 Å². The lowest BCUT2D eigenvalue weighted by molar-refractivity contribution is 0.102. The number of benzene rings is 2. The average molecular weight is 365 g/mol. The van der Waals surface area contributed by atoms with Gasteiger partial charge in [-0.3, -0.25) is 9.48 Å². The summed E-state index contributed by atoms with van der Waals surface area (Å²) in [4.78, 5) is 12.5. The second-order valence-electron chi connectivity index (χ2n) is 4.57. The fourth-order valence-electron chi connectivity index (χ4n) is 2.16. The molecule has 1 N–H and O–H groups in total. The number of nitrogens with one attached hydrogen (secondary N) is 1. The van der Waals surface area contributed by atoms with Crippen LogP contribution in [0.1, 0.15) is 10.5 Å². The number of anilines is 1. The van der Waals surface area contributed by atoms with E-state index < -0.39 is 0 Å². The number of aromatic nitrogens is 2. The highest BCUT2D eigenvalue weighted by atomic mass is 79.9. The summed E-state index contributed by atoms with van der Waals surface area (Å²) in [6, 6.07) is 12.8. The number of para-hydroxylation sites is 1. The molecule has 0 radical (unpaired) electrons. The first-order valence-electron chi connectivity index (χ1n) is 6.24. The Morgan fingerprint density at radius 2 is 2.05 bits per heavy atom. The van der Waals surface area contributed by atoms with E-state index in [2.05, 4.69) is 26.3 Å². The van der Waals surface area contributed by atoms with E-state index in [4.69, 9.17) is 11.6 Å². The van der Waals surface area contributed by atoms with Gasteiger partial charge in [0.1, 0.15) is 0 Å². The molecule has 0 unspecified atom stereocenters. The van der Waals surface area contributed by atoms with Gasteiger partial charge in [-0.15, -0.1) is 0 Å². The number of aryl methyl sites for hydroxylation is 1. The van der Waals surface area contributed by atoms with Gasteiger partial charge in [0.15, 0.2) is 5.69 Å². The molecule has 2 aromatic carbocycles. The van der Waals surface area contributed by atoms with Crippen LogP contribution in [0.2, 0.25) is 5.02 Å². The second-order valence-corrected chi connectivity index (χ2v) is 5.86. The maximum absolute atomic E-state index is 12.5. The lowest BCUT2D eigenvalue weighted by Gasteiger charge is -2.06. The van der Waals surface area contributed by atoms with Crippen molar-refractivity contribution in [3.05, 3.63) is 57.7 Å². The van der Waals surface area contributed by atoms with Crippen LogP contribution < -0.4 is 5.32 Å². The number of halogens is 2. The van der Waals surface area contributed by atoms with Crippen molar-refractivity contribution in [2.24, 2.45) is 7.05 Å². The van der Waals surface area contributed by atoms with E-state index in [0.29, 0.717) is 16.4 Å². The number of carbonyl (C=O) groups excluding carboxylic acids is 1. The summed E-state index contributed by atoms with van der Waals surface area (Å²) >= 11 is 9.34. The molecule has 0 aliphatic rings. The Labute approximate surface area is 134 Å². The van der Waals surface area contributed by atoms with E-state index in [0.717, 1.165) is 15.4 Å². The fourth-order valence-corrected chi connectivity index (χ4v) is 2.67. The van der Waals surface area contributed by atoms with Gasteiger partial charge in [0, 0.05) is 21.9 Å². The van der Waals surface area contributed by atoms with Gasteiger partial charge in [-0.25, -0.2) is 0 Å². The second kappa shape index (κ2) is 5.50. The molecule has 3 aromatic rings. The molecule has 0 aliphatic heterocycles. The Morgan fingerprint density at radius 3 is 2.86 bits per heavy atom. The van der Waals surface area contributed by atoms with Gasteiger partial charge in [-0.1, -0.05) is 29.8 Å². The van der Waals surface area contributed by atoms with Gasteiger partial charge in [0.2, 0.25) is 0 Å². The highest BCUT2D eigenvalue weighted by molar-refractivity contribution is 9.10. The average Bonchev–Trinajstić information content (AvgIpc) is 2.81. The predicted octanol–water partition coefficient (Wildman–Crippen LogP) is 4.24. The molecule has 4 nitrogen and oxygen atoms in total. The molecule has 3 rings (SSSR count). The minimum atomic E-state index is -0.269. The normalized spacial score (nSPS) is 10.8. The van der Waals surface area contributed by atoms with Crippen LogP contribution in [0.15, 0.2) is 46.9 Å². The molecular weight excluding hydrogens is 354 g/mol. The van der Waals surface area contributed by atoms with Crippen molar-refractivity contribution in [1.29, 1.82) is 0 Å². The summed E-state index contributed by atoms with van der Waals surface area (Å²) in [5.41, 5.74) is 1.91. The third-order valence-corrected chi connectivity index (χ3v) is 4.08. The monoisotopic (exact) mass is 363 g/mol. The molecule has 106 valence electrons. The summed E-state index contributed by atoms with van der Waals surface area (Å²) in [7, 11) is 1.81. The molecule has 1 amide bonds. The predicted molar refractivity (Wildman–Crippen MR) is 87.8 cm³/mol. The summed E-state index contributed by atoms with van der Waals surface area (Å²) in [5, 5.41) is 8.49. The fraction of sp³-hybridized carbons (Fsp3) is 0.0667. The molecule has 0 spiro atoms. The molecule has 21 heavy (non-hydrogen) atoms. The number of carbonyl (C=O) groups is 1. The number of hydrogen-bond donors (Lipinski definition) is 1. The first-order chi connectivity index (χ1) is 10.1. The Kier molecular flexibility index (Phi) is 3.69. The van der Waals surface area contributed by atoms with E-state index in [1.165, 1.54) is 0 Å². The van der Waals surface area contributed by atoms with Crippen LogP contribution in [-0.2, 0) is 7.05 Å². The molecular formula is C15H11BrClN3O. The van der Waals surface area contributed by atoms with Crippen LogP contribution >= 0.6 is 27.5 Å². The van der Waals surface area contributed by atoms with Crippen LogP contribution in [0, 0.1) is 0 Å². The standard InChI is InChI=1S/C15H11BrClN3O/c1-20-13-5-3-2-4-10(13)14(19-20)15(21)18-12-8-9(17)6-7-11(12)16/h2-8H,1H3,(H,18,21). The van der Waals surface area contributed by atoms with Gasteiger partial charge < -0.3 is 5.32 Å². The topological polar surface area (TPSA) is 46.9 Å². The van der Waals surface area contributed by atoms with Crippen molar-refractivity contribution in [3.63, 3.8) is 0 Å². The van der Waals surface area contributed by atoms with Crippen molar-refractivity contribution in [2.75, 3.05) is 5.32 Å². The zero-order chi connectivity index (χ0) is 15.0. The summed E-state index contributed by atoms with van der Waals surface area (Å²) in [6.45, 7) is 0. The smallest absolute Gasteiger partial charge is 0.276 e. The number of amides is 1. The molecule has 0 saturated carbocycles. The highest BCUT2D eigenvalue weighted by Crippen LogP contribution is 2.27. The van der Waals surface area contributed by atoms with Crippen LogP contribution in [0.4, 0.5) is 5.69 Å². The highest BCUT2D eigenvalue weighted by Gasteiger charge is 2.16. The minimum absolute atomic E-state index is 0.269. The maximum atomic E-state index is 12.5. The zero-order valence-corrected chi connectivity index (χ0v) is 13.4. The van der Waals surface area contributed by atoms with Crippen molar-refractivity contribution < 1.29 is 4.79 Å². The Morgan fingerprint density at radius 1 is 1.29 bits per heavy atom. The van der Waals surface area contributed by atoms with E-state index in [1.54, 1.807) is 22.9 Å². The van der Waals surface area contributed by atoms with E-state index in [1.807, 2.05) is 31.3 Å². The Balaban J connectivity index is 2.00. The van der Waals surface area contributed by atoms with E-state index >= 15 is 0 Å². The minimum Gasteiger partial charge on any atom is -0.319 e. The summed E-state index contributed by atoms with van der Waals surface area (Å²) in [6.07, 6.45) is 0. The number of hydrogen-bond acceptors (Lipinski definition) is 2. The van der Waals surface area contributed by atoms with Gasteiger partial charge >= 0.3 is 0 Å². The molecule has 0 aliphatic carbocycles. The van der Waals surface area contributed by atoms with Crippen LogP contribution in [0.25, 0.3) is 10.9 Å². The van der Waals surface area contributed by atoms with Crippen molar-refractivity contribution in [2.45, 2.75) is 0 Å². The van der Waals surface area contributed by atoms with Crippen LogP contribution in [-0.4, -0.2) is 15.7 Å². The maximum Gasteiger partial charge on any atom is 0.276 e. The lowest BCUT2D eigenvalue weighted by Crippen LogP contribution is -2.13. The van der Waals surface area contributed by atoms with Gasteiger partial charge in [-0.05, 0) is 40.2 Å². The molecule has 0 fully saturated rings. The quantitative estimate of drug-likeness (QED) is 0.739. The van der Waals surface area contributed by atoms with Crippen LogP contribution in [0.3, 0.4) is 0 Å². The first-order valence-corrected chi connectivity index (χ1v) is 7.41. The van der Waals surface area contributed by atoms with Gasteiger partial charge in [-0.2, -0.15) is 5.10 Å². The third-order valence-electron chi connectivity index (χ3n) is 3.15. The molecule has 0 saturated heterocycles. The third kappa shape index (κ3) is 2.66. The number of nitrogens with zero attached hydrogens (tertiary/aromatic N) is 2. The van der Waals surface area contributed by atoms with Crippen LogP contribution in [0.5, 0.6) is 0 Å². The van der Waals surface area contributed by atoms with Gasteiger partial charge in [0.25, 0.3) is 5.91 Å². The largest absolute Gasteiger partial charge is 0.319 e. The summed E-state index contributed by atoms with van der Waals surface area (Å²) < 4.78 is 2.46. The number of fused-ring (bicyclic) bond motifs is 1. The van der Waals surface area contributed by atoms with E-state index in [9.17, 15) is 4.79 Å². The zero-order valence-electron chi connectivity index (χ0n) is 11.1.